The third-order valence-corrected chi connectivity index (χ3v) is 4.30. The number of aliphatic imine (C=N–C) groups is 1. The molecule has 26 heavy (non-hydrogen) atoms. The number of carbonyl (C=O) groups excluding carboxylic acids is 1. The molecule has 1 aromatic carbocycles. The molecule has 0 atom stereocenters. The van der Waals surface area contributed by atoms with E-state index in [2.05, 4.69) is 9.98 Å². The zero-order valence-electron chi connectivity index (χ0n) is 13.4. The number of rotatable bonds is 3. The van der Waals surface area contributed by atoms with Gasteiger partial charge in [-0.3, -0.25) is 9.80 Å². The van der Waals surface area contributed by atoms with E-state index in [0.29, 0.717) is 17.7 Å². The second-order valence-electron chi connectivity index (χ2n) is 5.31. The molecule has 5 nitrogen and oxygen atoms in total. The summed E-state index contributed by atoms with van der Waals surface area (Å²) in [6, 6.07) is 2.60. The van der Waals surface area contributed by atoms with Crippen LogP contribution in [0.3, 0.4) is 0 Å². The molecule has 0 unspecified atom stereocenters. The SMILES string of the molecule is CC(=O)N(c1nc(-c2ccc(C(F)(F)F)c(F)c2)cs1)N1C=NC=CC1. The lowest BCUT2D eigenvalue weighted by Crippen LogP contribution is -2.45. The van der Waals surface area contributed by atoms with Crippen molar-refractivity contribution in [2.45, 2.75) is 13.1 Å². The number of thiazole rings is 1. The van der Waals surface area contributed by atoms with E-state index in [1.54, 1.807) is 17.7 Å². The summed E-state index contributed by atoms with van der Waals surface area (Å²) in [5.74, 6) is -1.69. The monoisotopic (exact) mass is 384 g/mol. The number of carbonyl (C=O) groups is 1. The zero-order valence-corrected chi connectivity index (χ0v) is 14.2. The van der Waals surface area contributed by atoms with Crippen LogP contribution < -0.4 is 5.01 Å². The maximum absolute atomic E-state index is 13.8. The van der Waals surface area contributed by atoms with Crippen molar-refractivity contribution in [3.63, 3.8) is 0 Å². The Bertz CT molecular complexity index is 891. The van der Waals surface area contributed by atoms with Crippen LogP contribution in [0.5, 0.6) is 0 Å². The third-order valence-electron chi connectivity index (χ3n) is 3.48. The van der Waals surface area contributed by atoms with E-state index in [1.807, 2.05) is 0 Å². The standard InChI is InChI=1S/C16H12F4N4OS/c1-10(25)24(23-6-2-5-21-9-23)15-22-14(8-26-15)11-3-4-12(13(17)7-11)16(18,19)20/h2-5,7-9H,6H2,1H3. The topological polar surface area (TPSA) is 48.8 Å². The second kappa shape index (κ2) is 6.87. The van der Waals surface area contributed by atoms with Crippen molar-refractivity contribution in [1.82, 2.24) is 9.99 Å². The number of anilines is 1. The Labute approximate surface area is 149 Å². The summed E-state index contributed by atoms with van der Waals surface area (Å²) in [7, 11) is 0. The van der Waals surface area contributed by atoms with Gasteiger partial charge in [0.25, 0.3) is 0 Å². The number of hydrazine groups is 1. The lowest BCUT2D eigenvalue weighted by Gasteiger charge is -2.30. The van der Waals surface area contributed by atoms with E-state index in [9.17, 15) is 22.4 Å². The lowest BCUT2D eigenvalue weighted by molar-refractivity contribution is -0.140. The average Bonchev–Trinajstić information content (AvgIpc) is 3.04. The highest BCUT2D eigenvalue weighted by Crippen LogP contribution is 2.34. The molecule has 0 aliphatic carbocycles. The fourth-order valence-corrected chi connectivity index (χ4v) is 3.23. The van der Waals surface area contributed by atoms with E-state index in [-0.39, 0.29) is 17.2 Å². The van der Waals surface area contributed by atoms with Crippen molar-refractivity contribution in [2.24, 2.45) is 4.99 Å². The molecule has 1 amide bonds. The van der Waals surface area contributed by atoms with Gasteiger partial charge in [-0.15, -0.1) is 11.3 Å². The van der Waals surface area contributed by atoms with Crippen LogP contribution in [0.15, 0.2) is 40.8 Å². The average molecular weight is 384 g/mol. The van der Waals surface area contributed by atoms with Crippen LogP contribution in [0.25, 0.3) is 11.3 Å². The minimum Gasteiger partial charge on any atom is -0.273 e. The zero-order chi connectivity index (χ0) is 18.9. The van der Waals surface area contributed by atoms with Gasteiger partial charge in [0, 0.05) is 24.1 Å². The third kappa shape index (κ3) is 3.59. The van der Waals surface area contributed by atoms with Crippen molar-refractivity contribution >= 4 is 28.7 Å². The molecule has 0 fully saturated rings. The minimum atomic E-state index is -4.76. The van der Waals surface area contributed by atoms with Gasteiger partial charge in [0.15, 0.2) is 0 Å². The highest BCUT2D eigenvalue weighted by Gasteiger charge is 2.34. The largest absolute Gasteiger partial charge is 0.419 e. The van der Waals surface area contributed by atoms with Gasteiger partial charge in [-0.05, 0) is 18.2 Å². The summed E-state index contributed by atoms with van der Waals surface area (Å²) in [6.07, 6.45) is 0.0332. The molecule has 0 saturated heterocycles. The number of alkyl halides is 3. The minimum absolute atomic E-state index is 0.189. The molecule has 2 heterocycles. The summed E-state index contributed by atoms with van der Waals surface area (Å²) >= 11 is 1.11. The first-order valence-electron chi connectivity index (χ1n) is 7.35. The molecule has 0 radical (unpaired) electrons. The second-order valence-corrected chi connectivity index (χ2v) is 6.15. The van der Waals surface area contributed by atoms with Crippen molar-refractivity contribution in [3.8, 4) is 11.3 Å². The van der Waals surface area contributed by atoms with Crippen molar-refractivity contribution < 1.29 is 22.4 Å². The van der Waals surface area contributed by atoms with Gasteiger partial charge < -0.3 is 0 Å². The predicted octanol–water partition coefficient (Wildman–Crippen LogP) is 4.09. The summed E-state index contributed by atoms with van der Waals surface area (Å²) in [5, 5.41) is 4.68. The first kappa shape index (κ1) is 18.1. The number of halogens is 4. The van der Waals surface area contributed by atoms with E-state index in [0.717, 1.165) is 23.5 Å². The first-order chi connectivity index (χ1) is 12.3. The Morgan fingerprint density at radius 3 is 2.69 bits per heavy atom. The van der Waals surface area contributed by atoms with Gasteiger partial charge in [-0.2, -0.15) is 18.2 Å². The molecule has 0 bridgehead atoms. The molecule has 0 saturated carbocycles. The van der Waals surface area contributed by atoms with Crippen LogP contribution in [-0.4, -0.2) is 28.8 Å². The molecule has 1 aliphatic heterocycles. The highest BCUT2D eigenvalue weighted by atomic mass is 32.1. The molecule has 1 aliphatic rings. The van der Waals surface area contributed by atoms with Crippen molar-refractivity contribution in [1.29, 1.82) is 0 Å². The normalized spacial score (nSPS) is 14.0. The highest BCUT2D eigenvalue weighted by molar-refractivity contribution is 7.14. The molecule has 0 spiro atoms. The fraction of sp³-hybridized carbons (Fsp3) is 0.188. The number of hydrogen-bond donors (Lipinski definition) is 0. The molecular weight excluding hydrogens is 372 g/mol. The van der Waals surface area contributed by atoms with Gasteiger partial charge in [0.1, 0.15) is 12.2 Å². The van der Waals surface area contributed by atoms with Gasteiger partial charge in [-0.25, -0.2) is 14.4 Å². The van der Waals surface area contributed by atoms with Crippen LogP contribution in [0.1, 0.15) is 12.5 Å². The van der Waals surface area contributed by atoms with Crippen LogP contribution >= 0.6 is 11.3 Å². The predicted molar refractivity (Wildman–Crippen MR) is 90.0 cm³/mol. The van der Waals surface area contributed by atoms with E-state index < -0.39 is 17.6 Å². The van der Waals surface area contributed by atoms with Crippen molar-refractivity contribution in [3.05, 3.63) is 47.2 Å². The summed E-state index contributed by atoms with van der Waals surface area (Å²) in [4.78, 5) is 20.2. The van der Waals surface area contributed by atoms with Crippen molar-refractivity contribution in [2.75, 3.05) is 11.6 Å². The van der Waals surface area contributed by atoms with Gasteiger partial charge in [0.05, 0.1) is 17.8 Å². The van der Waals surface area contributed by atoms with Gasteiger partial charge in [-0.1, -0.05) is 6.07 Å². The maximum atomic E-state index is 13.8. The molecule has 2 aromatic rings. The quantitative estimate of drug-likeness (QED) is 0.749. The van der Waals surface area contributed by atoms with E-state index in [1.165, 1.54) is 23.3 Å². The smallest absolute Gasteiger partial charge is 0.273 e. The van der Waals surface area contributed by atoms with E-state index >= 15 is 0 Å². The summed E-state index contributed by atoms with van der Waals surface area (Å²) in [6.45, 7) is 1.76. The Morgan fingerprint density at radius 1 is 1.35 bits per heavy atom. The molecular formula is C16H12F4N4OS. The maximum Gasteiger partial charge on any atom is 0.419 e. The number of amides is 1. The summed E-state index contributed by atoms with van der Waals surface area (Å²) < 4.78 is 51.8. The van der Waals surface area contributed by atoms with Gasteiger partial charge >= 0.3 is 6.18 Å². The van der Waals surface area contributed by atoms with Crippen LogP contribution in [0.2, 0.25) is 0 Å². The molecule has 3 rings (SSSR count). The van der Waals surface area contributed by atoms with Gasteiger partial charge in [0.2, 0.25) is 11.0 Å². The Morgan fingerprint density at radius 2 is 2.12 bits per heavy atom. The molecule has 10 heteroatoms. The first-order valence-corrected chi connectivity index (χ1v) is 8.23. The van der Waals surface area contributed by atoms with Crippen LogP contribution in [-0.2, 0) is 11.0 Å². The Balaban J connectivity index is 1.91. The summed E-state index contributed by atoms with van der Waals surface area (Å²) in [5.41, 5.74) is -0.875. The number of hydrogen-bond acceptors (Lipinski definition) is 5. The number of nitrogens with zero attached hydrogens (tertiary/aromatic N) is 4. The lowest BCUT2D eigenvalue weighted by atomic mass is 10.1. The van der Waals surface area contributed by atoms with E-state index in [4.69, 9.17) is 0 Å². The fourth-order valence-electron chi connectivity index (χ4n) is 2.34. The number of benzene rings is 1. The molecule has 1 aromatic heterocycles. The van der Waals surface area contributed by atoms with Crippen LogP contribution in [0, 0.1) is 5.82 Å². The Hall–Kier alpha value is -2.75. The molecule has 136 valence electrons. The Kier molecular flexibility index (Phi) is 4.77. The molecule has 0 N–H and O–H groups in total. The number of aromatic nitrogens is 1. The van der Waals surface area contributed by atoms with Crippen LogP contribution in [0.4, 0.5) is 22.7 Å².